The van der Waals surface area contributed by atoms with Crippen molar-refractivity contribution in [2.24, 2.45) is 0 Å². The summed E-state index contributed by atoms with van der Waals surface area (Å²) in [7, 11) is 0. The van der Waals surface area contributed by atoms with E-state index in [2.05, 4.69) is 37.2 Å². The zero-order valence-corrected chi connectivity index (χ0v) is 16.3. The molecular weight excluding hydrogens is 412 g/mol. The predicted octanol–water partition coefficient (Wildman–Crippen LogP) is 5.02. The molecular formula is C16H22Br2N2O2. The van der Waals surface area contributed by atoms with Crippen molar-refractivity contribution in [1.29, 1.82) is 0 Å². The van der Waals surface area contributed by atoms with E-state index in [0.717, 1.165) is 27.5 Å². The van der Waals surface area contributed by atoms with Gasteiger partial charge in [-0.05, 0) is 77.6 Å². The number of hydrogen-bond donors (Lipinski definition) is 1. The fraction of sp³-hybridized carbons (Fsp3) is 0.562. The maximum Gasteiger partial charge on any atom is 0.410 e. The van der Waals surface area contributed by atoms with Crippen molar-refractivity contribution in [1.82, 2.24) is 4.90 Å². The van der Waals surface area contributed by atoms with E-state index in [9.17, 15) is 4.79 Å². The molecule has 22 heavy (non-hydrogen) atoms. The minimum atomic E-state index is -0.439. The van der Waals surface area contributed by atoms with E-state index in [4.69, 9.17) is 4.74 Å². The van der Waals surface area contributed by atoms with E-state index < -0.39 is 5.60 Å². The highest BCUT2D eigenvalue weighted by atomic mass is 79.9. The molecule has 0 atom stereocenters. The number of piperidine rings is 1. The first-order valence-electron chi connectivity index (χ1n) is 7.45. The first-order chi connectivity index (χ1) is 10.3. The van der Waals surface area contributed by atoms with Gasteiger partial charge in [-0.2, -0.15) is 0 Å². The zero-order chi connectivity index (χ0) is 16.3. The number of hydrogen-bond acceptors (Lipinski definition) is 3. The molecule has 1 aromatic rings. The van der Waals surface area contributed by atoms with E-state index in [0.29, 0.717) is 19.1 Å². The van der Waals surface area contributed by atoms with Crippen molar-refractivity contribution in [2.45, 2.75) is 45.3 Å². The lowest BCUT2D eigenvalue weighted by Gasteiger charge is -2.34. The smallest absolute Gasteiger partial charge is 0.410 e. The van der Waals surface area contributed by atoms with Gasteiger partial charge in [0.15, 0.2) is 0 Å². The summed E-state index contributed by atoms with van der Waals surface area (Å²) in [5.41, 5.74) is 0.629. The van der Waals surface area contributed by atoms with Gasteiger partial charge in [0.2, 0.25) is 0 Å². The van der Waals surface area contributed by atoms with Gasteiger partial charge < -0.3 is 15.0 Å². The molecule has 0 saturated carbocycles. The zero-order valence-electron chi connectivity index (χ0n) is 13.2. The Bertz CT molecular complexity index is 515. The van der Waals surface area contributed by atoms with Gasteiger partial charge in [0.25, 0.3) is 0 Å². The number of rotatable bonds is 2. The number of ether oxygens (including phenoxy) is 1. The number of anilines is 1. The standard InChI is InChI=1S/C16H22Br2N2O2/c1-16(2,3)22-15(21)20-9-7-11(8-10-20)19-14-12(17)5-4-6-13(14)18/h4-6,11,19H,7-10H2,1-3H3. The van der Waals surface area contributed by atoms with E-state index in [1.165, 1.54) is 0 Å². The molecule has 0 radical (unpaired) electrons. The minimum absolute atomic E-state index is 0.215. The maximum absolute atomic E-state index is 12.1. The van der Waals surface area contributed by atoms with Crippen LogP contribution in [0.1, 0.15) is 33.6 Å². The molecule has 1 amide bonds. The summed E-state index contributed by atoms with van der Waals surface area (Å²) in [5.74, 6) is 0. The lowest BCUT2D eigenvalue weighted by Crippen LogP contribution is -2.44. The molecule has 122 valence electrons. The Balaban J connectivity index is 1.89. The van der Waals surface area contributed by atoms with Crippen LogP contribution in [-0.2, 0) is 4.74 Å². The number of nitrogens with one attached hydrogen (secondary N) is 1. The van der Waals surface area contributed by atoms with Crippen LogP contribution in [0, 0.1) is 0 Å². The second kappa shape index (κ2) is 7.21. The molecule has 0 unspecified atom stereocenters. The number of amides is 1. The van der Waals surface area contributed by atoms with Crippen LogP contribution in [0.3, 0.4) is 0 Å². The van der Waals surface area contributed by atoms with Crippen LogP contribution in [-0.4, -0.2) is 35.7 Å². The molecule has 0 bridgehead atoms. The highest BCUT2D eigenvalue weighted by Gasteiger charge is 2.27. The van der Waals surface area contributed by atoms with E-state index in [1.807, 2.05) is 39.0 Å². The fourth-order valence-corrected chi connectivity index (χ4v) is 3.60. The average Bonchev–Trinajstić information content (AvgIpc) is 2.42. The van der Waals surface area contributed by atoms with Gasteiger partial charge in [0.05, 0.1) is 5.69 Å². The normalized spacial score (nSPS) is 16.5. The lowest BCUT2D eigenvalue weighted by molar-refractivity contribution is 0.0210. The number of likely N-dealkylation sites (tertiary alicyclic amines) is 1. The Labute approximate surface area is 148 Å². The third-order valence-electron chi connectivity index (χ3n) is 3.46. The number of carbonyl (C=O) groups is 1. The first-order valence-corrected chi connectivity index (χ1v) is 9.03. The van der Waals surface area contributed by atoms with E-state index >= 15 is 0 Å². The summed E-state index contributed by atoms with van der Waals surface area (Å²) in [6, 6.07) is 6.38. The van der Waals surface area contributed by atoms with Crippen molar-refractivity contribution < 1.29 is 9.53 Å². The number of nitrogens with zero attached hydrogens (tertiary/aromatic N) is 1. The summed E-state index contributed by atoms with van der Waals surface area (Å²) in [6.45, 7) is 7.11. The van der Waals surface area contributed by atoms with E-state index in [1.54, 1.807) is 4.90 Å². The Morgan fingerprint density at radius 2 is 1.77 bits per heavy atom. The summed E-state index contributed by atoms with van der Waals surface area (Å²) in [4.78, 5) is 13.8. The highest BCUT2D eigenvalue weighted by Crippen LogP contribution is 2.32. The molecule has 1 N–H and O–H groups in total. The maximum atomic E-state index is 12.1. The molecule has 1 aliphatic heterocycles. The molecule has 4 nitrogen and oxygen atoms in total. The monoisotopic (exact) mass is 432 g/mol. The van der Waals surface area contributed by atoms with Crippen LogP contribution in [0.25, 0.3) is 0 Å². The van der Waals surface area contributed by atoms with Crippen LogP contribution in [0.15, 0.2) is 27.1 Å². The Morgan fingerprint density at radius 1 is 1.23 bits per heavy atom. The van der Waals surface area contributed by atoms with Gasteiger partial charge in [0.1, 0.15) is 5.60 Å². The minimum Gasteiger partial charge on any atom is -0.444 e. The van der Waals surface area contributed by atoms with Crippen molar-refractivity contribution in [3.8, 4) is 0 Å². The molecule has 0 aromatic heterocycles. The van der Waals surface area contributed by atoms with E-state index in [-0.39, 0.29) is 6.09 Å². The van der Waals surface area contributed by atoms with Crippen molar-refractivity contribution in [3.63, 3.8) is 0 Å². The summed E-state index contributed by atoms with van der Waals surface area (Å²) in [5, 5.41) is 3.55. The molecule has 1 aromatic carbocycles. The molecule has 6 heteroatoms. The molecule has 0 spiro atoms. The molecule has 1 saturated heterocycles. The SMILES string of the molecule is CC(C)(C)OC(=O)N1CCC(Nc2c(Br)cccc2Br)CC1. The third kappa shape index (κ3) is 4.88. The van der Waals surface area contributed by atoms with Crippen molar-refractivity contribution in [2.75, 3.05) is 18.4 Å². The quantitative estimate of drug-likeness (QED) is 0.711. The van der Waals surface area contributed by atoms with Gasteiger partial charge in [-0.1, -0.05) is 6.07 Å². The number of benzene rings is 1. The summed E-state index contributed by atoms with van der Waals surface area (Å²) in [6.07, 6.45) is 1.60. The van der Waals surface area contributed by atoms with Crippen LogP contribution in [0.5, 0.6) is 0 Å². The Kier molecular flexibility index (Phi) is 5.77. The molecule has 1 fully saturated rings. The second-order valence-corrected chi connectivity index (χ2v) is 8.19. The Hall–Kier alpha value is -0.750. The largest absolute Gasteiger partial charge is 0.444 e. The summed E-state index contributed by atoms with van der Waals surface area (Å²) >= 11 is 7.13. The fourth-order valence-electron chi connectivity index (χ4n) is 2.37. The van der Waals surface area contributed by atoms with Gasteiger partial charge in [0, 0.05) is 28.1 Å². The second-order valence-electron chi connectivity index (χ2n) is 6.48. The number of halogens is 2. The van der Waals surface area contributed by atoms with Crippen LogP contribution in [0.2, 0.25) is 0 Å². The number of carbonyl (C=O) groups excluding carboxylic acids is 1. The average molecular weight is 434 g/mol. The highest BCUT2D eigenvalue weighted by molar-refractivity contribution is 9.11. The molecule has 2 rings (SSSR count). The molecule has 1 aliphatic rings. The Morgan fingerprint density at radius 3 is 2.27 bits per heavy atom. The van der Waals surface area contributed by atoms with Crippen LogP contribution < -0.4 is 5.32 Å². The first kappa shape index (κ1) is 17.6. The van der Waals surface area contributed by atoms with Gasteiger partial charge in [-0.15, -0.1) is 0 Å². The topological polar surface area (TPSA) is 41.6 Å². The molecule has 0 aliphatic carbocycles. The van der Waals surface area contributed by atoms with Crippen LogP contribution in [0.4, 0.5) is 10.5 Å². The van der Waals surface area contributed by atoms with Gasteiger partial charge in [-0.3, -0.25) is 0 Å². The lowest BCUT2D eigenvalue weighted by atomic mass is 10.0. The predicted molar refractivity (Wildman–Crippen MR) is 96.3 cm³/mol. The third-order valence-corrected chi connectivity index (χ3v) is 4.78. The van der Waals surface area contributed by atoms with Crippen molar-refractivity contribution >= 4 is 43.6 Å². The summed E-state index contributed by atoms with van der Waals surface area (Å²) < 4.78 is 7.50. The van der Waals surface area contributed by atoms with Gasteiger partial charge >= 0.3 is 6.09 Å². The van der Waals surface area contributed by atoms with Crippen LogP contribution >= 0.6 is 31.9 Å². The van der Waals surface area contributed by atoms with Crippen molar-refractivity contribution in [3.05, 3.63) is 27.1 Å². The molecule has 1 heterocycles. The van der Waals surface area contributed by atoms with Gasteiger partial charge in [-0.25, -0.2) is 4.79 Å². The number of para-hydroxylation sites is 1.